The molecule has 2 aromatic heterocycles. The Morgan fingerprint density at radius 1 is 1.20 bits per heavy atom. The van der Waals surface area contributed by atoms with Gasteiger partial charge in [-0.25, -0.2) is 9.78 Å². The summed E-state index contributed by atoms with van der Waals surface area (Å²) in [5, 5.41) is 21.0. The summed E-state index contributed by atoms with van der Waals surface area (Å²) in [6.07, 6.45) is 4.31. The van der Waals surface area contributed by atoms with Gasteiger partial charge >= 0.3 is 11.9 Å². The van der Waals surface area contributed by atoms with E-state index in [0.29, 0.717) is 17.8 Å². The Hall–Kier alpha value is -3.19. The van der Waals surface area contributed by atoms with E-state index >= 15 is 0 Å². The monoisotopic (exact) mass is 424 g/mol. The van der Waals surface area contributed by atoms with Crippen molar-refractivity contribution in [1.82, 2.24) is 9.55 Å². The molecule has 0 aliphatic carbocycles. The third-order valence-electron chi connectivity index (χ3n) is 4.99. The molecule has 0 bridgehead atoms. The maximum absolute atomic E-state index is 12.2. The summed E-state index contributed by atoms with van der Waals surface area (Å²) in [7, 11) is 0. The van der Waals surface area contributed by atoms with Gasteiger partial charge in [0.25, 0.3) is 0 Å². The lowest BCUT2D eigenvalue weighted by molar-refractivity contribution is -0.137. The highest BCUT2D eigenvalue weighted by Crippen LogP contribution is 2.34. The second-order valence-corrected chi connectivity index (χ2v) is 8.01. The number of benzene rings is 1. The van der Waals surface area contributed by atoms with Gasteiger partial charge in [-0.3, -0.25) is 4.79 Å². The minimum absolute atomic E-state index is 0.213. The van der Waals surface area contributed by atoms with Gasteiger partial charge in [0.2, 0.25) is 0 Å². The standard InChI is InChI=1S/C23H24N2O4S/c1-3-4-7-20-24-13-18(21(23(28)29)15(2)19-6-5-12-30-19)25(20)14-16-8-10-17(11-9-16)22(26)27/h5-6,8-13,21H,2-4,7,14H2,1H3,(H,26,27)(H,28,29). The van der Waals surface area contributed by atoms with E-state index in [1.54, 1.807) is 30.5 Å². The number of nitrogens with zero attached hydrogens (tertiary/aromatic N) is 2. The Morgan fingerprint density at radius 2 is 1.93 bits per heavy atom. The zero-order chi connectivity index (χ0) is 21.7. The lowest BCUT2D eigenvalue weighted by Gasteiger charge is -2.19. The number of aromatic nitrogens is 2. The number of aliphatic carboxylic acids is 1. The molecule has 0 aliphatic rings. The second-order valence-electron chi connectivity index (χ2n) is 7.06. The van der Waals surface area contributed by atoms with Crippen LogP contribution in [0.4, 0.5) is 0 Å². The average molecular weight is 425 g/mol. The molecule has 7 heteroatoms. The molecule has 156 valence electrons. The zero-order valence-corrected chi connectivity index (χ0v) is 17.6. The number of hydrogen-bond donors (Lipinski definition) is 2. The van der Waals surface area contributed by atoms with Crippen molar-refractivity contribution in [3.8, 4) is 0 Å². The van der Waals surface area contributed by atoms with E-state index in [-0.39, 0.29) is 5.56 Å². The number of hydrogen-bond acceptors (Lipinski definition) is 4. The molecule has 1 unspecified atom stereocenters. The fourth-order valence-electron chi connectivity index (χ4n) is 3.37. The minimum atomic E-state index is -0.980. The Bertz CT molecular complexity index is 1040. The van der Waals surface area contributed by atoms with Gasteiger partial charge in [-0.15, -0.1) is 11.3 Å². The van der Waals surface area contributed by atoms with E-state index in [2.05, 4.69) is 18.5 Å². The molecule has 0 aliphatic heterocycles. The van der Waals surface area contributed by atoms with Gasteiger partial charge in [-0.1, -0.05) is 38.1 Å². The number of aryl methyl sites for hydroxylation is 1. The molecular weight excluding hydrogens is 400 g/mol. The van der Waals surface area contributed by atoms with Gasteiger partial charge in [0.05, 0.1) is 11.3 Å². The van der Waals surface area contributed by atoms with Crippen molar-refractivity contribution in [2.24, 2.45) is 0 Å². The van der Waals surface area contributed by atoms with Crippen LogP contribution in [-0.4, -0.2) is 31.7 Å². The smallest absolute Gasteiger partial charge is 0.335 e. The van der Waals surface area contributed by atoms with Crippen molar-refractivity contribution in [2.75, 3.05) is 0 Å². The van der Waals surface area contributed by atoms with Gasteiger partial charge in [0, 0.05) is 24.0 Å². The molecule has 0 radical (unpaired) electrons. The van der Waals surface area contributed by atoms with Crippen LogP contribution in [0.3, 0.4) is 0 Å². The summed E-state index contributed by atoms with van der Waals surface area (Å²) < 4.78 is 1.93. The van der Waals surface area contributed by atoms with Crippen LogP contribution in [0.15, 0.2) is 54.6 Å². The van der Waals surface area contributed by atoms with E-state index in [1.165, 1.54) is 11.3 Å². The van der Waals surface area contributed by atoms with Crippen molar-refractivity contribution >= 4 is 28.8 Å². The highest BCUT2D eigenvalue weighted by atomic mass is 32.1. The van der Waals surface area contributed by atoms with Crippen LogP contribution in [0.1, 0.15) is 58.0 Å². The molecule has 3 rings (SSSR count). The molecule has 1 aromatic carbocycles. The molecule has 3 aromatic rings. The first kappa shape index (κ1) is 21.5. The second kappa shape index (κ2) is 9.54. The van der Waals surface area contributed by atoms with E-state index in [1.807, 2.05) is 22.1 Å². The molecule has 2 N–H and O–H groups in total. The number of thiophene rings is 1. The van der Waals surface area contributed by atoms with Gasteiger partial charge in [-0.05, 0) is 41.1 Å². The summed E-state index contributed by atoms with van der Waals surface area (Å²) >= 11 is 1.46. The summed E-state index contributed by atoms with van der Waals surface area (Å²) in [5.74, 6) is -2.05. The molecule has 0 saturated carbocycles. The van der Waals surface area contributed by atoms with Crippen LogP contribution in [0.5, 0.6) is 0 Å². The van der Waals surface area contributed by atoms with Crippen LogP contribution in [0.2, 0.25) is 0 Å². The van der Waals surface area contributed by atoms with E-state index in [9.17, 15) is 14.7 Å². The van der Waals surface area contributed by atoms with E-state index in [0.717, 1.165) is 35.5 Å². The van der Waals surface area contributed by atoms with Crippen molar-refractivity contribution in [3.63, 3.8) is 0 Å². The molecule has 30 heavy (non-hydrogen) atoms. The molecule has 0 fully saturated rings. The van der Waals surface area contributed by atoms with Crippen LogP contribution >= 0.6 is 11.3 Å². The lowest BCUT2D eigenvalue weighted by Crippen LogP contribution is -2.19. The fourth-order valence-corrected chi connectivity index (χ4v) is 4.10. The number of imidazole rings is 1. The number of aromatic carboxylic acids is 1. The van der Waals surface area contributed by atoms with E-state index in [4.69, 9.17) is 5.11 Å². The van der Waals surface area contributed by atoms with E-state index < -0.39 is 17.9 Å². The molecule has 0 amide bonds. The quantitative estimate of drug-likeness (QED) is 0.482. The zero-order valence-electron chi connectivity index (χ0n) is 16.7. The maximum Gasteiger partial charge on any atom is 0.335 e. The normalized spacial score (nSPS) is 11.9. The predicted molar refractivity (Wildman–Crippen MR) is 117 cm³/mol. The SMILES string of the molecule is C=C(c1cccs1)C(C(=O)O)c1cnc(CCCC)n1Cc1ccc(C(=O)O)cc1. The Balaban J connectivity index is 2.01. The summed E-state index contributed by atoms with van der Waals surface area (Å²) in [6, 6.07) is 10.4. The molecule has 1 atom stereocenters. The van der Waals surface area contributed by atoms with Gasteiger partial charge < -0.3 is 14.8 Å². The Labute approximate surface area is 179 Å². The minimum Gasteiger partial charge on any atom is -0.480 e. The topological polar surface area (TPSA) is 92.4 Å². The van der Waals surface area contributed by atoms with Crippen molar-refractivity contribution in [3.05, 3.63) is 82.1 Å². The number of carboxylic acids is 2. The van der Waals surface area contributed by atoms with Gasteiger partial charge in [0.15, 0.2) is 0 Å². The van der Waals surface area contributed by atoms with Crippen molar-refractivity contribution in [2.45, 2.75) is 38.6 Å². The van der Waals surface area contributed by atoms with Gasteiger partial charge in [0.1, 0.15) is 11.7 Å². The third-order valence-corrected chi connectivity index (χ3v) is 5.94. The number of carbonyl (C=O) groups is 2. The fraction of sp³-hybridized carbons (Fsp3) is 0.261. The largest absolute Gasteiger partial charge is 0.480 e. The van der Waals surface area contributed by atoms with Gasteiger partial charge in [-0.2, -0.15) is 0 Å². The molecular formula is C23H24N2O4S. The summed E-state index contributed by atoms with van der Waals surface area (Å²) in [4.78, 5) is 28.7. The first-order chi connectivity index (χ1) is 14.4. The Morgan fingerprint density at radius 3 is 2.50 bits per heavy atom. The van der Waals surface area contributed by atoms with Crippen molar-refractivity contribution in [1.29, 1.82) is 0 Å². The van der Waals surface area contributed by atoms with Crippen LogP contribution < -0.4 is 0 Å². The number of rotatable bonds is 10. The number of unbranched alkanes of at least 4 members (excludes halogenated alkanes) is 1. The highest BCUT2D eigenvalue weighted by molar-refractivity contribution is 7.11. The van der Waals surface area contributed by atoms with Crippen molar-refractivity contribution < 1.29 is 19.8 Å². The molecule has 0 saturated heterocycles. The highest BCUT2D eigenvalue weighted by Gasteiger charge is 2.29. The summed E-state index contributed by atoms with van der Waals surface area (Å²) in [6.45, 7) is 6.58. The van der Waals surface area contributed by atoms with Crippen LogP contribution in [0, 0.1) is 0 Å². The molecule has 0 spiro atoms. The lowest BCUT2D eigenvalue weighted by atomic mass is 9.95. The Kier molecular flexibility index (Phi) is 6.84. The number of carboxylic acid groups (broad SMARTS) is 2. The molecule has 2 heterocycles. The first-order valence-corrected chi connectivity index (χ1v) is 10.6. The predicted octanol–water partition coefficient (Wildman–Crippen LogP) is 4.92. The molecule has 6 nitrogen and oxygen atoms in total. The van der Waals surface area contributed by atoms with Crippen LogP contribution in [-0.2, 0) is 17.8 Å². The van der Waals surface area contributed by atoms with Crippen LogP contribution in [0.25, 0.3) is 5.57 Å². The third kappa shape index (κ3) is 4.68. The average Bonchev–Trinajstić information content (AvgIpc) is 3.38. The maximum atomic E-state index is 12.2. The first-order valence-electron chi connectivity index (χ1n) is 9.74. The summed E-state index contributed by atoms with van der Waals surface area (Å²) in [5.41, 5.74) is 2.20.